The number of thiazole rings is 1. The summed E-state index contributed by atoms with van der Waals surface area (Å²) >= 11 is 1.59. The monoisotopic (exact) mass is 153 g/mol. The quantitative estimate of drug-likeness (QED) is 0.515. The number of rotatable bonds is 3. The number of aromatic nitrogens is 1. The summed E-state index contributed by atoms with van der Waals surface area (Å²) in [4.78, 5) is 5.06. The molecule has 0 spiro atoms. The summed E-state index contributed by atoms with van der Waals surface area (Å²) in [6, 6.07) is 2.00. The van der Waals surface area contributed by atoms with Gasteiger partial charge in [0.15, 0.2) is 0 Å². The van der Waals surface area contributed by atoms with E-state index in [1.807, 2.05) is 6.07 Å². The summed E-state index contributed by atoms with van der Waals surface area (Å²) in [7, 11) is 0. The first-order valence-electron chi connectivity index (χ1n) is 2.88. The summed E-state index contributed by atoms with van der Waals surface area (Å²) < 4.78 is 0. The molecule has 0 amide bonds. The second-order valence-electron chi connectivity index (χ2n) is 1.73. The maximum Gasteiger partial charge on any atom is 0.0843 e. The molecular formula is C6H7N3S. The fourth-order valence-corrected chi connectivity index (χ4v) is 1.14. The molecule has 0 atom stereocenters. The summed E-state index contributed by atoms with van der Waals surface area (Å²) in [5.74, 6) is 0. The SMILES string of the molecule is N#CCNCc1cncs1. The molecule has 0 aliphatic carbocycles. The lowest BCUT2D eigenvalue weighted by atomic mass is 10.5. The molecule has 1 heterocycles. The van der Waals surface area contributed by atoms with Crippen molar-refractivity contribution in [2.75, 3.05) is 6.54 Å². The van der Waals surface area contributed by atoms with Gasteiger partial charge < -0.3 is 0 Å². The summed E-state index contributed by atoms with van der Waals surface area (Å²) in [5.41, 5.74) is 1.78. The van der Waals surface area contributed by atoms with Crippen molar-refractivity contribution in [2.24, 2.45) is 0 Å². The van der Waals surface area contributed by atoms with Gasteiger partial charge in [0.2, 0.25) is 0 Å². The molecule has 1 aromatic rings. The van der Waals surface area contributed by atoms with Crippen LogP contribution in [0.15, 0.2) is 11.7 Å². The molecule has 0 fully saturated rings. The minimum absolute atomic E-state index is 0.401. The Morgan fingerprint density at radius 3 is 3.30 bits per heavy atom. The largest absolute Gasteiger partial charge is 0.299 e. The predicted octanol–water partition coefficient (Wildman–Crippen LogP) is 0.756. The number of hydrogen-bond acceptors (Lipinski definition) is 4. The smallest absolute Gasteiger partial charge is 0.0843 e. The zero-order valence-corrected chi connectivity index (χ0v) is 6.19. The van der Waals surface area contributed by atoms with Crippen LogP contribution in [0.1, 0.15) is 4.88 Å². The first-order chi connectivity index (χ1) is 4.93. The van der Waals surface area contributed by atoms with Gasteiger partial charge in [0.05, 0.1) is 18.1 Å². The zero-order valence-electron chi connectivity index (χ0n) is 5.37. The molecule has 0 aliphatic heterocycles. The van der Waals surface area contributed by atoms with Gasteiger partial charge in [0, 0.05) is 17.6 Å². The topological polar surface area (TPSA) is 48.7 Å². The summed E-state index contributed by atoms with van der Waals surface area (Å²) in [6.45, 7) is 1.15. The Morgan fingerprint density at radius 1 is 1.80 bits per heavy atom. The fraction of sp³-hybridized carbons (Fsp3) is 0.333. The molecular weight excluding hydrogens is 146 g/mol. The molecule has 52 valence electrons. The van der Waals surface area contributed by atoms with E-state index >= 15 is 0 Å². The van der Waals surface area contributed by atoms with Crippen LogP contribution in [0.3, 0.4) is 0 Å². The van der Waals surface area contributed by atoms with Crippen molar-refractivity contribution in [1.82, 2.24) is 10.3 Å². The van der Waals surface area contributed by atoms with Gasteiger partial charge in [-0.1, -0.05) is 0 Å². The van der Waals surface area contributed by atoms with Crippen LogP contribution >= 0.6 is 11.3 Å². The normalized spacial score (nSPS) is 9.10. The lowest BCUT2D eigenvalue weighted by Crippen LogP contribution is -2.11. The second-order valence-corrected chi connectivity index (χ2v) is 2.70. The van der Waals surface area contributed by atoms with E-state index in [1.54, 1.807) is 23.0 Å². The highest BCUT2D eigenvalue weighted by Crippen LogP contribution is 2.03. The van der Waals surface area contributed by atoms with E-state index in [9.17, 15) is 0 Å². The van der Waals surface area contributed by atoms with Gasteiger partial charge in [0.1, 0.15) is 0 Å². The standard InChI is InChI=1S/C6H7N3S/c7-1-2-8-3-6-4-9-5-10-6/h4-5,8H,2-3H2. The van der Waals surface area contributed by atoms with E-state index in [1.165, 1.54) is 0 Å². The molecule has 0 bridgehead atoms. The number of nitrogens with zero attached hydrogens (tertiary/aromatic N) is 2. The predicted molar refractivity (Wildman–Crippen MR) is 39.4 cm³/mol. The van der Waals surface area contributed by atoms with E-state index < -0.39 is 0 Å². The Hall–Kier alpha value is -0.920. The van der Waals surface area contributed by atoms with E-state index in [4.69, 9.17) is 5.26 Å². The third-order valence-corrected chi connectivity index (χ3v) is 1.77. The Morgan fingerprint density at radius 2 is 2.70 bits per heavy atom. The molecule has 0 saturated heterocycles. The minimum atomic E-state index is 0.401. The minimum Gasteiger partial charge on any atom is -0.299 e. The van der Waals surface area contributed by atoms with Crippen LogP contribution < -0.4 is 5.32 Å². The highest BCUT2D eigenvalue weighted by molar-refractivity contribution is 7.09. The second kappa shape index (κ2) is 3.99. The van der Waals surface area contributed by atoms with Crippen molar-refractivity contribution in [3.63, 3.8) is 0 Å². The van der Waals surface area contributed by atoms with Crippen molar-refractivity contribution in [3.05, 3.63) is 16.6 Å². The van der Waals surface area contributed by atoms with E-state index in [0.717, 1.165) is 11.4 Å². The van der Waals surface area contributed by atoms with Crippen LogP contribution in [0, 0.1) is 11.3 Å². The van der Waals surface area contributed by atoms with Gasteiger partial charge in [0.25, 0.3) is 0 Å². The van der Waals surface area contributed by atoms with Crippen molar-refractivity contribution in [1.29, 1.82) is 5.26 Å². The Balaban J connectivity index is 2.23. The molecule has 4 heteroatoms. The molecule has 0 radical (unpaired) electrons. The van der Waals surface area contributed by atoms with Crippen molar-refractivity contribution >= 4 is 11.3 Å². The van der Waals surface area contributed by atoms with Gasteiger partial charge in [-0.3, -0.25) is 10.3 Å². The average Bonchev–Trinajstić information content (AvgIpc) is 2.41. The molecule has 10 heavy (non-hydrogen) atoms. The van der Waals surface area contributed by atoms with Crippen LogP contribution in [-0.2, 0) is 6.54 Å². The van der Waals surface area contributed by atoms with Crippen molar-refractivity contribution in [2.45, 2.75) is 6.54 Å². The molecule has 1 aromatic heterocycles. The van der Waals surface area contributed by atoms with Crippen molar-refractivity contribution in [3.8, 4) is 6.07 Å². The van der Waals surface area contributed by atoms with Crippen LogP contribution in [0.5, 0.6) is 0 Å². The first kappa shape index (κ1) is 7.19. The van der Waals surface area contributed by atoms with Crippen LogP contribution in [0.2, 0.25) is 0 Å². The molecule has 0 saturated carbocycles. The molecule has 1 rings (SSSR count). The van der Waals surface area contributed by atoms with E-state index in [2.05, 4.69) is 10.3 Å². The summed E-state index contributed by atoms with van der Waals surface area (Å²) in [6.07, 6.45) is 1.80. The molecule has 3 nitrogen and oxygen atoms in total. The fourth-order valence-electron chi connectivity index (χ4n) is 0.571. The molecule has 0 aliphatic rings. The average molecular weight is 153 g/mol. The van der Waals surface area contributed by atoms with Crippen LogP contribution in [0.25, 0.3) is 0 Å². The molecule has 0 unspecified atom stereocenters. The van der Waals surface area contributed by atoms with Crippen LogP contribution in [0.4, 0.5) is 0 Å². The van der Waals surface area contributed by atoms with Gasteiger partial charge >= 0.3 is 0 Å². The number of hydrogen-bond donors (Lipinski definition) is 1. The Labute approximate surface area is 63.3 Å². The molecule has 0 aromatic carbocycles. The Bertz CT molecular complexity index is 211. The lowest BCUT2D eigenvalue weighted by molar-refractivity contribution is 0.774. The highest BCUT2D eigenvalue weighted by atomic mass is 32.1. The van der Waals surface area contributed by atoms with Gasteiger partial charge in [-0.15, -0.1) is 11.3 Å². The van der Waals surface area contributed by atoms with Gasteiger partial charge in [-0.25, -0.2) is 0 Å². The molecule has 1 N–H and O–H groups in total. The highest BCUT2D eigenvalue weighted by Gasteiger charge is 1.90. The van der Waals surface area contributed by atoms with Crippen molar-refractivity contribution < 1.29 is 0 Å². The zero-order chi connectivity index (χ0) is 7.23. The van der Waals surface area contributed by atoms with Crippen LogP contribution in [-0.4, -0.2) is 11.5 Å². The maximum atomic E-state index is 8.17. The van der Waals surface area contributed by atoms with Gasteiger partial charge in [-0.05, 0) is 0 Å². The van der Waals surface area contributed by atoms with E-state index in [-0.39, 0.29) is 0 Å². The third-order valence-electron chi connectivity index (χ3n) is 0.987. The first-order valence-corrected chi connectivity index (χ1v) is 3.76. The van der Waals surface area contributed by atoms with Gasteiger partial charge in [-0.2, -0.15) is 5.26 Å². The van der Waals surface area contributed by atoms with E-state index in [0.29, 0.717) is 6.54 Å². The Kier molecular flexibility index (Phi) is 2.87. The third kappa shape index (κ3) is 2.13. The summed E-state index contributed by atoms with van der Waals surface area (Å²) in [5, 5.41) is 11.1. The maximum absolute atomic E-state index is 8.17. The number of nitriles is 1. The number of nitrogens with one attached hydrogen (secondary N) is 1. The lowest BCUT2D eigenvalue weighted by Gasteiger charge is -1.92.